The highest BCUT2D eigenvalue weighted by Crippen LogP contribution is 2.07. The lowest BCUT2D eigenvalue weighted by Crippen LogP contribution is -2.24. The third-order valence-electron chi connectivity index (χ3n) is 3.10. The molecule has 2 rings (SSSR count). The number of aromatic nitrogens is 4. The van der Waals surface area contributed by atoms with E-state index in [-0.39, 0.29) is 0 Å². The minimum Gasteiger partial charge on any atom is -0.292 e. The summed E-state index contributed by atoms with van der Waals surface area (Å²) >= 11 is 0. The molecule has 0 saturated carbocycles. The van der Waals surface area contributed by atoms with Crippen LogP contribution in [0.15, 0.2) is 30.3 Å². The number of nitrogens with zero attached hydrogens (tertiary/aromatic N) is 5. The van der Waals surface area contributed by atoms with Gasteiger partial charge in [0.25, 0.3) is 0 Å². The molecule has 0 radical (unpaired) electrons. The average molecular weight is 259 g/mol. The van der Waals surface area contributed by atoms with E-state index in [0.717, 1.165) is 38.4 Å². The molecule has 0 saturated heterocycles. The van der Waals surface area contributed by atoms with E-state index in [1.54, 1.807) is 0 Å². The predicted molar refractivity (Wildman–Crippen MR) is 74.3 cm³/mol. The lowest BCUT2D eigenvalue weighted by molar-refractivity contribution is 0.258. The van der Waals surface area contributed by atoms with Crippen molar-refractivity contribution < 1.29 is 0 Å². The SMILES string of the molecule is CCCn1nnnc1CN(CC)Cc1ccccc1. The largest absolute Gasteiger partial charge is 0.292 e. The van der Waals surface area contributed by atoms with Gasteiger partial charge in [0.05, 0.1) is 6.54 Å². The van der Waals surface area contributed by atoms with Crippen LogP contribution >= 0.6 is 0 Å². The van der Waals surface area contributed by atoms with Gasteiger partial charge in [-0.15, -0.1) is 5.10 Å². The number of benzene rings is 1. The molecule has 102 valence electrons. The highest BCUT2D eigenvalue weighted by Gasteiger charge is 2.10. The molecule has 0 aliphatic carbocycles. The van der Waals surface area contributed by atoms with E-state index in [9.17, 15) is 0 Å². The van der Waals surface area contributed by atoms with E-state index in [1.807, 2.05) is 10.7 Å². The van der Waals surface area contributed by atoms with Gasteiger partial charge in [-0.3, -0.25) is 4.90 Å². The fourth-order valence-corrected chi connectivity index (χ4v) is 2.04. The molecule has 5 nitrogen and oxygen atoms in total. The van der Waals surface area contributed by atoms with Crippen molar-refractivity contribution in [3.8, 4) is 0 Å². The van der Waals surface area contributed by atoms with Crippen molar-refractivity contribution >= 4 is 0 Å². The van der Waals surface area contributed by atoms with Crippen LogP contribution in [-0.4, -0.2) is 31.7 Å². The Kier molecular flexibility index (Phi) is 5.03. The molecule has 5 heteroatoms. The highest BCUT2D eigenvalue weighted by atomic mass is 15.5. The van der Waals surface area contributed by atoms with Gasteiger partial charge in [0.2, 0.25) is 0 Å². The molecule has 1 aromatic carbocycles. The molecule has 0 spiro atoms. The summed E-state index contributed by atoms with van der Waals surface area (Å²) in [5.41, 5.74) is 1.32. The van der Waals surface area contributed by atoms with Crippen molar-refractivity contribution in [2.24, 2.45) is 0 Å². The maximum atomic E-state index is 4.12. The van der Waals surface area contributed by atoms with Crippen molar-refractivity contribution in [1.29, 1.82) is 0 Å². The van der Waals surface area contributed by atoms with Crippen LogP contribution in [0.2, 0.25) is 0 Å². The lowest BCUT2D eigenvalue weighted by atomic mass is 10.2. The van der Waals surface area contributed by atoms with Crippen molar-refractivity contribution in [1.82, 2.24) is 25.1 Å². The van der Waals surface area contributed by atoms with Crippen molar-refractivity contribution in [2.45, 2.75) is 39.9 Å². The Morgan fingerprint density at radius 1 is 1.11 bits per heavy atom. The summed E-state index contributed by atoms with van der Waals surface area (Å²) in [5, 5.41) is 11.9. The van der Waals surface area contributed by atoms with Gasteiger partial charge in [-0.05, 0) is 29.0 Å². The zero-order valence-electron chi connectivity index (χ0n) is 11.7. The minimum absolute atomic E-state index is 0.790. The predicted octanol–water partition coefficient (Wildman–Crippen LogP) is 2.11. The maximum Gasteiger partial charge on any atom is 0.165 e. The Morgan fingerprint density at radius 3 is 2.58 bits per heavy atom. The average Bonchev–Trinajstić information content (AvgIpc) is 2.87. The number of hydrogen-bond acceptors (Lipinski definition) is 4. The molecular formula is C14H21N5. The van der Waals surface area contributed by atoms with E-state index in [2.05, 4.69) is 58.5 Å². The van der Waals surface area contributed by atoms with Gasteiger partial charge < -0.3 is 0 Å². The Morgan fingerprint density at radius 2 is 1.89 bits per heavy atom. The fraction of sp³-hybridized carbons (Fsp3) is 0.500. The van der Waals surface area contributed by atoms with Gasteiger partial charge in [0, 0.05) is 13.1 Å². The summed E-state index contributed by atoms with van der Waals surface area (Å²) in [5.74, 6) is 0.944. The smallest absolute Gasteiger partial charge is 0.165 e. The standard InChI is InChI=1S/C14H21N5/c1-3-10-19-14(15-16-17-19)12-18(4-2)11-13-8-6-5-7-9-13/h5-9H,3-4,10-12H2,1-2H3. The fourth-order valence-electron chi connectivity index (χ4n) is 2.04. The van der Waals surface area contributed by atoms with Gasteiger partial charge in [-0.2, -0.15) is 0 Å². The monoisotopic (exact) mass is 259 g/mol. The Bertz CT molecular complexity index is 480. The molecule has 0 unspecified atom stereocenters. The van der Waals surface area contributed by atoms with Crippen LogP contribution in [0.25, 0.3) is 0 Å². The molecule has 0 aliphatic rings. The van der Waals surface area contributed by atoms with Crippen molar-refractivity contribution in [3.63, 3.8) is 0 Å². The van der Waals surface area contributed by atoms with Crippen LogP contribution in [0, 0.1) is 0 Å². The lowest BCUT2D eigenvalue weighted by Gasteiger charge is -2.19. The summed E-state index contributed by atoms with van der Waals surface area (Å²) in [6.07, 6.45) is 1.04. The molecule has 0 fully saturated rings. The van der Waals surface area contributed by atoms with Crippen molar-refractivity contribution in [3.05, 3.63) is 41.7 Å². The van der Waals surface area contributed by atoms with Crippen molar-refractivity contribution in [2.75, 3.05) is 6.54 Å². The van der Waals surface area contributed by atoms with Crippen LogP contribution in [0.4, 0.5) is 0 Å². The summed E-state index contributed by atoms with van der Waals surface area (Å²) in [6.45, 7) is 7.87. The normalized spacial score (nSPS) is 11.1. The zero-order valence-corrected chi connectivity index (χ0v) is 11.7. The van der Waals surface area contributed by atoms with Crippen LogP contribution in [0.1, 0.15) is 31.7 Å². The second kappa shape index (κ2) is 6.99. The first-order valence-electron chi connectivity index (χ1n) is 6.84. The Hall–Kier alpha value is -1.75. The van der Waals surface area contributed by atoms with Crippen LogP contribution in [0.5, 0.6) is 0 Å². The maximum absolute atomic E-state index is 4.12. The zero-order chi connectivity index (χ0) is 13.5. The van der Waals surface area contributed by atoms with E-state index in [4.69, 9.17) is 0 Å². The second-order valence-electron chi connectivity index (χ2n) is 4.61. The summed E-state index contributed by atoms with van der Waals surface area (Å²) in [4.78, 5) is 2.34. The number of tetrazole rings is 1. The van der Waals surface area contributed by atoms with Gasteiger partial charge in [0.1, 0.15) is 0 Å². The van der Waals surface area contributed by atoms with Crippen LogP contribution in [-0.2, 0) is 19.6 Å². The van der Waals surface area contributed by atoms with Crippen LogP contribution < -0.4 is 0 Å². The highest BCUT2D eigenvalue weighted by molar-refractivity contribution is 5.14. The second-order valence-corrected chi connectivity index (χ2v) is 4.61. The molecule has 1 aromatic heterocycles. The van der Waals surface area contributed by atoms with Gasteiger partial charge in [-0.1, -0.05) is 44.2 Å². The molecule has 0 aliphatic heterocycles. The van der Waals surface area contributed by atoms with Crippen LogP contribution in [0.3, 0.4) is 0 Å². The quantitative estimate of drug-likeness (QED) is 0.764. The molecule has 0 N–H and O–H groups in total. The van der Waals surface area contributed by atoms with E-state index >= 15 is 0 Å². The van der Waals surface area contributed by atoms with E-state index in [1.165, 1.54) is 5.56 Å². The Labute approximate surface area is 114 Å². The molecule has 0 amide bonds. The number of hydrogen-bond donors (Lipinski definition) is 0. The minimum atomic E-state index is 0.790. The first-order valence-corrected chi connectivity index (χ1v) is 6.84. The molecular weight excluding hydrogens is 238 g/mol. The number of rotatable bonds is 7. The molecule has 0 bridgehead atoms. The molecule has 19 heavy (non-hydrogen) atoms. The summed E-state index contributed by atoms with van der Waals surface area (Å²) in [7, 11) is 0. The van der Waals surface area contributed by atoms with E-state index < -0.39 is 0 Å². The third kappa shape index (κ3) is 3.86. The topological polar surface area (TPSA) is 46.8 Å². The molecule has 2 aromatic rings. The van der Waals surface area contributed by atoms with E-state index in [0.29, 0.717) is 0 Å². The summed E-state index contributed by atoms with van der Waals surface area (Å²) < 4.78 is 1.90. The first kappa shape index (κ1) is 13.7. The molecule has 1 heterocycles. The summed E-state index contributed by atoms with van der Waals surface area (Å²) in [6, 6.07) is 10.5. The third-order valence-corrected chi connectivity index (χ3v) is 3.10. The van der Waals surface area contributed by atoms with Gasteiger partial charge >= 0.3 is 0 Å². The molecule has 0 atom stereocenters. The first-order chi connectivity index (χ1) is 9.33. The Balaban J connectivity index is 2.00. The van der Waals surface area contributed by atoms with Gasteiger partial charge in [-0.25, -0.2) is 4.68 Å². The van der Waals surface area contributed by atoms with Gasteiger partial charge in [0.15, 0.2) is 5.82 Å². The number of aryl methyl sites for hydroxylation is 1.